The number of carbonyl (C=O) groups is 3. The van der Waals surface area contributed by atoms with Crippen LogP contribution < -0.4 is 10.6 Å². The van der Waals surface area contributed by atoms with Crippen LogP contribution in [0.25, 0.3) is 0 Å². The largest absolute Gasteiger partial charge is 0.385 e. The van der Waals surface area contributed by atoms with Crippen molar-refractivity contribution in [3.8, 4) is 0 Å². The fourth-order valence-corrected chi connectivity index (χ4v) is 3.86. The topological polar surface area (TPSA) is 101 Å². The van der Waals surface area contributed by atoms with E-state index in [9.17, 15) is 14.4 Å². The summed E-state index contributed by atoms with van der Waals surface area (Å²) in [5, 5.41) is 7.96. The summed E-state index contributed by atoms with van der Waals surface area (Å²) in [6, 6.07) is 6.77. The smallest absolute Gasteiger partial charge is 0.255 e. The molecule has 2 N–H and O–H groups in total. The molecule has 1 heterocycles. The maximum atomic E-state index is 12.9. The number of amides is 3. The van der Waals surface area contributed by atoms with E-state index in [1.165, 1.54) is 16.2 Å². The molecule has 174 valence electrons. The monoisotopic (exact) mass is 480 g/mol. The number of ether oxygens (including phenoxy) is 1. The molecule has 10 heteroatoms. The van der Waals surface area contributed by atoms with Crippen molar-refractivity contribution in [1.82, 2.24) is 15.2 Å². The van der Waals surface area contributed by atoms with Gasteiger partial charge in [0.2, 0.25) is 11.8 Å². The molecule has 2 aromatic rings. The number of thiazole rings is 1. The van der Waals surface area contributed by atoms with Gasteiger partial charge in [-0.1, -0.05) is 37.6 Å². The van der Waals surface area contributed by atoms with Gasteiger partial charge >= 0.3 is 0 Å². The zero-order valence-electron chi connectivity index (χ0n) is 18.5. The number of carbonyl (C=O) groups excluding carboxylic acids is 3. The van der Waals surface area contributed by atoms with Gasteiger partial charge in [-0.25, -0.2) is 4.98 Å². The molecule has 0 saturated heterocycles. The van der Waals surface area contributed by atoms with Gasteiger partial charge in [0.25, 0.3) is 5.91 Å². The Morgan fingerprint density at radius 1 is 1.22 bits per heavy atom. The SMILES string of the molecule is COCCCNC(=O)Cc1csc(NC(=O)CN(CC(C)C)C(=O)c2ccccc2Cl)n1. The summed E-state index contributed by atoms with van der Waals surface area (Å²) >= 11 is 7.39. The number of nitrogens with one attached hydrogen (secondary N) is 2. The lowest BCUT2D eigenvalue weighted by Crippen LogP contribution is -2.40. The highest BCUT2D eigenvalue weighted by atomic mass is 35.5. The molecular weight excluding hydrogens is 452 g/mol. The molecule has 0 saturated carbocycles. The zero-order valence-corrected chi connectivity index (χ0v) is 20.1. The van der Waals surface area contributed by atoms with Crippen LogP contribution in [0.4, 0.5) is 5.13 Å². The Labute approximate surface area is 197 Å². The van der Waals surface area contributed by atoms with Crippen LogP contribution in [0.1, 0.15) is 36.3 Å². The molecule has 8 nitrogen and oxygen atoms in total. The highest BCUT2D eigenvalue weighted by Crippen LogP contribution is 2.19. The Balaban J connectivity index is 1.93. The lowest BCUT2D eigenvalue weighted by molar-refractivity contribution is -0.120. The maximum absolute atomic E-state index is 12.9. The number of hydrogen-bond acceptors (Lipinski definition) is 6. The fourth-order valence-electron chi connectivity index (χ4n) is 2.91. The molecule has 2 rings (SSSR count). The number of anilines is 1. The summed E-state index contributed by atoms with van der Waals surface area (Å²) in [6.45, 7) is 5.34. The van der Waals surface area contributed by atoms with E-state index in [4.69, 9.17) is 16.3 Å². The molecule has 32 heavy (non-hydrogen) atoms. The van der Waals surface area contributed by atoms with Crippen LogP contribution >= 0.6 is 22.9 Å². The van der Waals surface area contributed by atoms with Crippen molar-refractivity contribution >= 4 is 45.8 Å². The van der Waals surface area contributed by atoms with Crippen molar-refractivity contribution < 1.29 is 19.1 Å². The number of methoxy groups -OCH3 is 1. The third kappa shape index (κ3) is 8.57. The molecule has 0 spiro atoms. The van der Waals surface area contributed by atoms with Gasteiger partial charge in [0.1, 0.15) is 6.54 Å². The van der Waals surface area contributed by atoms with Crippen LogP contribution in [0.3, 0.4) is 0 Å². The van der Waals surface area contributed by atoms with E-state index in [2.05, 4.69) is 15.6 Å². The average Bonchev–Trinajstić information content (AvgIpc) is 3.16. The number of nitrogens with zero attached hydrogens (tertiary/aromatic N) is 2. The third-order valence-electron chi connectivity index (χ3n) is 4.30. The number of aromatic nitrogens is 1. The van der Waals surface area contributed by atoms with E-state index in [1.807, 2.05) is 13.8 Å². The molecule has 0 aliphatic rings. The predicted molar refractivity (Wildman–Crippen MR) is 126 cm³/mol. The lowest BCUT2D eigenvalue weighted by Gasteiger charge is -2.24. The highest BCUT2D eigenvalue weighted by molar-refractivity contribution is 7.13. The van der Waals surface area contributed by atoms with Crippen molar-refractivity contribution in [2.24, 2.45) is 5.92 Å². The zero-order chi connectivity index (χ0) is 23.5. The average molecular weight is 481 g/mol. The van der Waals surface area contributed by atoms with Gasteiger partial charge in [-0.15, -0.1) is 11.3 Å². The van der Waals surface area contributed by atoms with Crippen molar-refractivity contribution in [3.05, 3.63) is 45.9 Å². The van der Waals surface area contributed by atoms with Crippen LogP contribution in [0.2, 0.25) is 5.02 Å². The molecule has 1 aromatic carbocycles. The molecule has 0 atom stereocenters. The van der Waals surface area contributed by atoms with Crippen LogP contribution in [0, 0.1) is 5.92 Å². The van der Waals surface area contributed by atoms with Crippen LogP contribution in [0.15, 0.2) is 29.6 Å². The van der Waals surface area contributed by atoms with Crippen molar-refractivity contribution in [2.75, 3.05) is 38.7 Å². The molecular formula is C22H29ClN4O4S. The summed E-state index contributed by atoms with van der Waals surface area (Å²) in [4.78, 5) is 43.3. The molecule has 0 fully saturated rings. The Hall–Kier alpha value is -2.49. The van der Waals surface area contributed by atoms with Gasteiger partial charge in [-0.3, -0.25) is 14.4 Å². The summed E-state index contributed by atoms with van der Waals surface area (Å²) < 4.78 is 4.94. The lowest BCUT2D eigenvalue weighted by atomic mass is 10.1. The second kappa shape index (κ2) is 13.1. The minimum atomic E-state index is -0.365. The van der Waals surface area contributed by atoms with E-state index in [-0.39, 0.29) is 36.6 Å². The van der Waals surface area contributed by atoms with Gasteiger partial charge in [0.15, 0.2) is 5.13 Å². The quantitative estimate of drug-likeness (QED) is 0.454. The van der Waals surface area contributed by atoms with Crippen LogP contribution in [-0.4, -0.2) is 61.0 Å². The third-order valence-corrected chi connectivity index (χ3v) is 5.43. The standard InChI is InChI=1S/C22H29ClN4O4S/c1-15(2)12-27(21(30)17-7-4-5-8-18(17)23)13-20(29)26-22-25-16(14-32-22)11-19(28)24-9-6-10-31-3/h4-5,7-8,14-15H,6,9-13H2,1-3H3,(H,24,28)(H,25,26,29). The van der Waals surface area contributed by atoms with E-state index in [0.717, 1.165) is 6.42 Å². The molecule has 0 aliphatic carbocycles. The van der Waals surface area contributed by atoms with E-state index < -0.39 is 0 Å². The highest BCUT2D eigenvalue weighted by Gasteiger charge is 2.22. The Bertz CT molecular complexity index is 919. The first-order valence-corrected chi connectivity index (χ1v) is 11.6. The minimum absolute atomic E-state index is 0.128. The second-order valence-electron chi connectivity index (χ2n) is 7.62. The molecule has 3 amide bonds. The van der Waals surface area contributed by atoms with E-state index >= 15 is 0 Å². The summed E-state index contributed by atoms with van der Waals surface area (Å²) in [5.41, 5.74) is 0.927. The predicted octanol–water partition coefficient (Wildman–Crippen LogP) is 3.23. The van der Waals surface area contributed by atoms with Gasteiger partial charge in [-0.2, -0.15) is 0 Å². The number of rotatable bonds is 12. The van der Waals surface area contributed by atoms with Gasteiger partial charge in [-0.05, 0) is 24.5 Å². The van der Waals surface area contributed by atoms with Gasteiger partial charge in [0.05, 0.1) is 22.7 Å². The second-order valence-corrected chi connectivity index (χ2v) is 8.89. The first-order valence-electron chi connectivity index (χ1n) is 10.3. The molecule has 0 aliphatic heterocycles. The van der Waals surface area contributed by atoms with E-state index in [0.29, 0.717) is 41.1 Å². The van der Waals surface area contributed by atoms with Crippen molar-refractivity contribution in [2.45, 2.75) is 26.7 Å². The fraction of sp³-hybridized carbons (Fsp3) is 0.455. The Morgan fingerprint density at radius 3 is 2.66 bits per heavy atom. The number of hydrogen-bond donors (Lipinski definition) is 2. The normalized spacial score (nSPS) is 10.8. The minimum Gasteiger partial charge on any atom is -0.385 e. The summed E-state index contributed by atoms with van der Waals surface area (Å²) in [7, 11) is 1.61. The van der Waals surface area contributed by atoms with Crippen LogP contribution in [-0.2, 0) is 20.7 Å². The summed E-state index contributed by atoms with van der Waals surface area (Å²) in [6.07, 6.45) is 0.865. The first kappa shape index (κ1) is 25.8. The van der Waals surface area contributed by atoms with Crippen LogP contribution in [0.5, 0.6) is 0 Å². The summed E-state index contributed by atoms with van der Waals surface area (Å²) in [5.74, 6) is -0.638. The first-order chi connectivity index (χ1) is 15.3. The van der Waals surface area contributed by atoms with E-state index in [1.54, 1.807) is 36.8 Å². The molecule has 0 radical (unpaired) electrons. The van der Waals surface area contributed by atoms with Gasteiger partial charge < -0.3 is 20.3 Å². The van der Waals surface area contributed by atoms with Crippen molar-refractivity contribution in [1.29, 1.82) is 0 Å². The number of halogens is 1. The molecule has 1 aromatic heterocycles. The van der Waals surface area contributed by atoms with Gasteiger partial charge in [0, 0.05) is 32.2 Å². The van der Waals surface area contributed by atoms with Crippen molar-refractivity contribution in [3.63, 3.8) is 0 Å². The molecule has 0 unspecified atom stereocenters. The maximum Gasteiger partial charge on any atom is 0.255 e. The Kier molecular flexibility index (Phi) is 10.6. The Morgan fingerprint density at radius 2 is 1.97 bits per heavy atom. The molecule has 0 bridgehead atoms. The number of benzene rings is 1.